The molecule has 0 heterocycles. The van der Waals surface area contributed by atoms with Crippen LogP contribution in [0.4, 0.5) is 0 Å². The summed E-state index contributed by atoms with van der Waals surface area (Å²) in [6.07, 6.45) is 4.39. The lowest BCUT2D eigenvalue weighted by atomic mass is 9.91. The summed E-state index contributed by atoms with van der Waals surface area (Å²) in [4.78, 5) is 1.37. The fourth-order valence-corrected chi connectivity index (χ4v) is 4.40. The van der Waals surface area contributed by atoms with E-state index < -0.39 is 0 Å². The van der Waals surface area contributed by atoms with Gasteiger partial charge in [-0.05, 0) is 66.5 Å². The van der Waals surface area contributed by atoms with E-state index in [1.807, 2.05) is 11.8 Å². The highest BCUT2D eigenvalue weighted by Gasteiger charge is 2.29. The molecule has 0 radical (unpaired) electrons. The average Bonchev–Trinajstić information content (AvgIpc) is 3.06. The molecule has 0 amide bonds. The molecule has 0 saturated carbocycles. The second-order valence-corrected chi connectivity index (χ2v) is 6.87. The van der Waals surface area contributed by atoms with Crippen molar-refractivity contribution < 1.29 is 14.2 Å². The van der Waals surface area contributed by atoms with Crippen LogP contribution in [0, 0.1) is 6.92 Å². The van der Waals surface area contributed by atoms with E-state index in [0.29, 0.717) is 11.7 Å². The standard InChI is InChI=1S/C20H24O3S/c1-12-6-9-18(24-5)19-14(12)7-8-15(19)13-10-16(21-2)20(23-4)17(11-13)22-3/h6,9-11,15H,7-8H2,1-5H3. The van der Waals surface area contributed by atoms with Crippen molar-refractivity contribution in [2.24, 2.45) is 0 Å². The van der Waals surface area contributed by atoms with E-state index >= 15 is 0 Å². The van der Waals surface area contributed by atoms with Crippen LogP contribution in [0.25, 0.3) is 0 Å². The minimum absolute atomic E-state index is 0.371. The molecule has 0 aliphatic heterocycles. The lowest BCUT2D eigenvalue weighted by Crippen LogP contribution is -2.02. The summed E-state index contributed by atoms with van der Waals surface area (Å²) in [5, 5.41) is 0. The second kappa shape index (κ2) is 6.98. The fourth-order valence-electron chi connectivity index (χ4n) is 3.71. The Balaban J connectivity index is 2.15. The summed E-state index contributed by atoms with van der Waals surface area (Å²) in [5.74, 6) is 2.46. The van der Waals surface area contributed by atoms with Gasteiger partial charge in [0, 0.05) is 10.8 Å². The van der Waals surface area contributed by atoms with Crippen molar-refractivity contribution >= 4 is 11.8 Å². The van der Waals surface area contributed by atoms with Gasteiger partial charge in [0.05, 0.1) is 21.3 Å². The lowest BCUT2D eigenvalue weighted by Gasteiger charge is -2.20. The molecule has 1 aliphatic carbocycles. The molecule has 0 N–H and O–H groups in total. The SMILES string of the molecule is COc1cc(C2CCc3c(C)ccc(SC)c32)cc(OC)c1OC. The smallest absolute Gasteiger partial charge is 0.203 e. The molecule has 0 spiro atoms. The Morgan fingerprint density at radius 2 is 1.67 bits per heavy atom. The van der Waals surface area contributed by atoms with Gasteiger partial charge in [0.25, 0.3) is 0 Å². The summed E-state index contributed by atoms with van der Waals surface area (Å²) in [7, 11) is 4.97. The normalized spacial score (nSPS) is 16.0. The van der Waals surface area contributed by atoms with Crippen molar-refractivity contribution in [3.8, 4) is 17.2 Å². The summed E-state index contributed by atoms with van der Waals surface area (Å²) in [5.41, 5.74) is 5.58. The highest BCUT2D eigenvalue weighted by Crippen LogP contribution is 2.48. The number of ether oxygens (including phenoxy) is 3. The van der Waals surface area contributed by atoms with Gasteiger partial charge >= 0.3 is 0 Å². The van der Waals surface area contributed by atoms with Gasteiger partial charge < -0.3 is 14.2 Å². The quantitative estimate of drug-likeness (QED) is 0.727. The van der Waals surface area contributed by atoms with Crippen LogP contribution in [0.3, 0.4) is 0 Å². The summed E-state index contributed by atoms with van der Waals surface area (Å²) < 4.78 is 16.5. The molecular formula is C20H24O3S. The van der Waals surface area contributed by atoms with Crippen LogP contribution in [0.2, 0.25) is 0 Å². The Bertz CT molecular complexity index is 730. The first kappa shape index (κ1) is 17.0. The third kappa shape index (κ3) is 2.73. The zero-order chi connectivity index (χ0) is 17.3. The van der Waals surface area contributed by atoms with Gasteiger partial charge in [-0.25, -0.2) is 0 Å². The number of aryl methyl sites for hydroxylation is 1. The van der Waals surface area contributed by atoms with Crippen molar-refractivity contribution in [2.75, 3.05) is 27.6 Å². The van der Waals surface area contributed by atoms with E-state index in [4.69, 9.17) is 14.2 Å². The minimum Gasteiger partial charge on any atom is -0.493 e. The van der Waals surface area contributed by atoms with Gasteiger partial charge in [-0.2, -0.15) is 0 Å². The third-order valence-corrected chi connectivity index (χ3v) is 5.69. The van der Waals surface area contributed by atoms with Crippen LogP contribution in [0.15, 0.2) is 29.2 Å². The molecule has 2 aromatic rings. The number of hydrogen-bond donors (Lipinski definition) is 0. The van der Waals surface area contributed by atoms with Crippen LogP contribution in [-0.4, -0.2) is 27.6 Å². The molecule has 0 fully saturated rings. The first-order chi connectivity index (χ1) is 11.6. The molecule has 0 aromatic heterocycles. The summed E-state index contributed by atoms with van der Waals surface area (Å²) >= 11 is 1.82. The predicted molar refractivity (Wildman–Crippen MR) is 99.2 cm³/mol. The Morgan fingerprint density at radius 3 is 2.21 bits per heavy atom. The monoisotopic (exact) mass is 344 g/mol. The third-order valence-electron chi connectivity index (χ3n) is 4.89. The Labute approximate surface area is 148 Å². The summed E-state index contributed by atoms with van der Waals surface area (Å²) in [6.45, 7) is 2.21. The topological polar surface area (TPSA) is 27.7 Å². The minimum atomic E-state index is 0.371. The van der Waals surface area contributed by atoms with E-state index in [0.717, 1.165) is 24.3 Å². The van der Waals surface area contributed by atoms with Crippen molar-refractivity contribution in [3.05, 3.63) is 46.5 Å². The maximum Gasteiger partial charge on any atom is 0.203 e. The average molecular weight is 344 g/mol. The lowest BCUT2D eigenvalue weighted by molar-refractivity contribution is 0.323. The zero-order valence-electron chi connectivity index (χ0n) is 14.9. The maximum atomic E-state index is 5.54. The highest BCUT2D eigenvalue weighted by atomic mass is 32.2. The van der Waals surface area contributed by atoms with Crippen LogP contribution in [0.5, 0.6) is 17.2 Å². The first-order valence-electron chi connectivity index (χ1n) is 8.10. The molecule has 0 bridgehead atoms. The van der Waals surface area contributed by atoms with Gasteiger partial charge in [0.2, 0.25) is 5.75 Å². The van der Waals surface area contributed by atoms with E-state index in [9.17, 15) is 0 Å². The maximum absolute atomic E-state index is 5.54. The molecule has 3 rings (SSSR count). The first-order valence-corrected chi connectivity index (χ1v) is 9.33. The molecule has 128 valence electrons. The van der Waals surface area contributed by atoms with E-state index in [2.05, 4.69) is 37.4 Å². The highest BCUT2D eigenvalue weighted by molar-refractivity contribution is 7.98. The van der Waals surface area contributed by atoms with Crippen LogP contribution in [-0.2, 0) is 6.42 Å². The molecular weight excluding hydrogens is 320 g/mol. The number of methoxy groups -OCH3 is 3. The Kier molecular flexibility index (Phi) is 4.95. The molecule has 1 unspecified atom stereocenters. The number of rotatable bonds is 5. The molecule has 2 aromatic carbocycles. The van der Waals surface area contributed by atoms with Crippen LogP contribution < -0.4 is 14.2 Å². The predicted octanol–water partition coefficient (Wildman–Crippen LogP) is 4.82. The molecule has 1 aliphatic rings. The number of benzene rings is 2. The summed E-state index contributed by atoms with van der Waals surface area (Å²) in [6, 6.07) is 8.67. The molecule has 1 atom stereocenters. The van der Waals surface area contributed by atoms with Gasteiger partial charge in [-0.3, -0.25) is 0 Å². The Morgan fingerprint density at radius 1 is 1.00 bits per heavy atom. The second-order valence-electron chi connectivity index (χ2n) is 6.03. The Hall–Kier alpha value is -1.81. The fraction of sp³-hybridized carbons (Fsp3) is 0.400. The van der Waals surface area contributed by atoms with Gasteiger partial charge in [-0.1, -0.05) is 6.07 Å². The number of hydrogen-bond acceptors (Lipinski definition) is 4. The molecule has 4 heteroatoms. The molecule has 0 saturated heterocycles. The molecule has 24 heavy (non-hydrogen) atoms. The number of fused-ring (bicyclic) bond motifs is 1. The van der Waals surface area contributed by atoms with Crippen molar-refractivity contribution in [1.82, 2.24) is 0 Å². The number of thioether (sulfide) groups is 1. The largest absolute Gasteiger partial charge is 0.493 e. The molecule has 3 nitrogen and oxygen atoms in total. The van der Waals surface area contributed by atoms with E-state index in [1.165, 1.54) is 27.1 Å². The van der Waals surface area contributed by atoms with E-state index in [1.54, 1.807) is 21.3 Å². The van der Waals surface area contributed by atoms with Gasteiger partial charge in [-0.15, -0.1) is 11.8 Å². The van der Waals surface area contributed by atoms with Gasteiger partial charge in [0.15, 0.2) is 11.5 Å². The van der Waals surface area contributed by atoms with Crippen molar-refractivity contribution in [1.29, 1.82) is 0 Å². The van der Waals surface area contributed by atoms with Crippen LogP contribution >= 0.6 is 11.8 Å². The van der Waals surface area contributed by atoms with Crippen molar-refractivity contribution in [2.45, 2.75) is 30.6 Å². The zero-order valence-corrected chi connectivity index (χ0v) is 15.8. The van der Waals surface area contributed by atoms with Crippen LogP contribution in [0.1, 0.15) is 34.6 Å². The van der Waals surface area contributed by atoms with Crippen molar-refractivity contribution in [3.63, 3.8) is 0 Å². The van der Waals surface area contributed by atoms with E-state index in [-0.39, 0.29) is 0 Å². The van der Waals surface area contributed by atoms with Gasteiger partial charge in [0.1, 0.15) is 0 Å².